The largest absolute Gasteiger partial charge is 0.465 e. The second-order valence-electron chi connectivity index (χ2n) is 7.63. The van der Waals surface area contributed by atoms with Crippen molar-refractivity contribution in [2.75, 3.05) is 11.9 Å². The maximum Gasteiger partial charge on any atom is 0.407 e. The van der Waals surface area contributed by atoms with E-state index in [-0.39, 0.29) is 17.5 Å². The molecule has 2 unspecified atom stereocenters. The number of hydrogen-bond donors (Lipinski definition) is 2. The van der Waals surface area contributed by atoms with Crippen molar-refractivity contribution in [2.45, 2.75) is 39.3 Å². The van der Waals surface area contributed by atoms with Crippen molar-refractivity contribution in [3.63, 3.8) is 0 Å². The Hall–Kier alpha value is -2.52. The van der Waals surface area contributed by atoms with Gasteiger partial charge in [0.2, 0.25) is 0 Å². The van der Waals surface area contributed by atoms with Crippen LogP contribution in [-0.4, -0.2) is 39.7 Å². The first-order valence-electron chi connectivity index (χ1n) is 8.48. The van der Waals surface area contributed by atoms with E-state index in [2.05, 4.69) is 16.4 Å². The van der Waals surface area contributed by atoms with Gasteiger partial charge in [-0.05, 0) is 29.4 Å². The summed E-state index contributed by atoms with van der Waals surface area (Å²) in [6.07, 6.45) is -0.255. The van der Waals surface area contributed by atoms with Crippen molar-refractivity contribution in [3.8, 4) is 6.07 Å². The van der Waals surface area contributed by atoms with Crippen molar-refractivity contribution in [1.82, 2.24) is 9.88 Å². The summed E-state index contributed by atoms with van der Waals surface area (Å²) >= 11 is 6.38. The number of amides is 1. The molecule has 2 N–H and O–H groups in total. The first-order valence-corrected chi connectivity index (χ1v) is 8.85. The zero-order valence-corrected chi connectivity index (χ0v) is 15.7. The number of fused-ring (bicyclic) bond motifs is 1. The van der Waals surface area contributed by atoms with Crippen LogP contribution in [0.4, 0.5) is 10.6 Å². The molecule has 26 heavy (non-hydrogen) atoms. The fourth-order valence-electron chi connectivity index (χ4n) is 3.83. The van der Waals surface area contributed by atoms with Gasteiger partial charge in [0.15, 0.2) is 0 Å². The van der Waals surface area contributed by atoms with E-state index in [4.69, 9.17) is 11.6 Å². The van der Waals surface area contributed by atoms with Gasteiger partial charge in [-0.1, -0.05) is 44.5 Å². The van der Waals surface area contributed by atoms with Crippen LogP contribution >= 0.6 is 11.6 Å². The zero-order valence-electron chi connectivity index (χ0n) is 15.0. The van der Waals surface area contributed by atoms with E-state index in [1.54, 1.807) is 12.1 Å². The Morgan fingerprint density at radius 2 is 2.19 bits per heavy atom. The normalized spacial score (nSPS) is 20.2. The molecule has 0 spiro atoms. The van der Waals surface area contributed by atoms with Gasteiger partial charge < -0.3 is 15.3 Å². The summed E-state index contributed by atoms with van der Waals surface area (Å²) in [7, 11) is 0. The van der Waals surface area contributed by atoms with Gasteiger partial charge in [-0.25, -0.2) is 9.78 Å². The van der Waals surface area contributed by atoms with E-state index < -0.39 is 6.09 Å². The summed E-state index contributed by atoms with van der Waals surface area (Å²) in [4.78, 5) is 17.5. The lowest BCUT2D eigenvalue weighted by atomic mass is 9.82. The van der Waals surface area contributed by atoms with Gasteiger partial charge >= 0.3 is 6.09 Å². The minimum atomic E-state index is -0.921. The van der Waals surface area contributed by atoms with E-state index in [1.165, 1.54) is 4.90 Å². The Bertz CT molecular complexity index is 901. The monoisotopic (exact) mass is 372 g/mol. The molecule has 1 amide bonds. The smallest absolute Gasteiger partial charge is 0.407 e. The van der Waals surface area contributed by atoms with E-state index in [0.717, 1.165) is 10.8 Å². The van der Waals surface area contributed by atoms with Gasteiger partial charge in [-0.15, -0.1) is 0 Å². The van der Waals surface area contributed by atoms with Crippen LogP contribution in [0.25, 0.3) is 10.8 Å². The van der Waals surface area contributed by atoms with Gasteiger partial charge in [0, 0.05) is 11.9 Å². The number of carbonyl (C=O) groups is 1. The second-order valence-corrected chi connectivity index (χ2v) is 8.04. The number of likely N-dealkylation sites (tertiary alicyclic amines) is 1. The average molecular weight is 373 g/mol. The fourth-order valence-corrected chi connectivity index (χ4v) is 4.10. The van der Waals surface area contributed by atoms with Crippen molar-refractivity contribution >= 4 is 34.3 Å². The number of nitriles is 1. The van der Waals surface area contributed by atoms with Gasteiger partial charge in [0.05, 0.1) is 17.1 Å². The number of rotatable bonds is 2. The van der Waals surface area contributed by atoms with Gasteiger partial charge in [-0.2, -0.15) is 5.26 Å². The first-order chi connectivity index (χ1) is 12.2. The molecule has 1 saturated heterocycles. The molecule has 1 aliphatic heterocycles. The van der Waals surface area contributed by atoms with Gasteiger partial charge in [0.1, 0.15) is 17.6 Å². The number of aromatic nitrogens is 1. The van der Waals surface area contributed by atoms with Crippen molar-refractivity contribution < 1.29 is 9.90 Å². The summed E-state index contributed by atoms with van der Waals surface area (Å²) in [6.45, 7) is 6.53. The lowest BCUT2D eigenvalue weighted by Gasteiger charge is -2.37. The van der Waals surface area contributed by atoms with Crippen LogP contribution in [0.1, 0.15) is 32.9 Å². The van der Waals surface area contributed by atoms with E-state index >= 15 is 0 Å². The summed E-state index contributed by atoms with van der Waals surface area (Å²) in [5, 5.41) is 24.3. The molecule has 3 rings (SSSR count). The van der Waals surface area contributed by atoms with Crippen LogP contribution in [0, 0.1) is 16.7 Å². The number of nitrogens with one attached hydrogen (secondary N) is 1. The van der Waals surface area contributed by atoms with Crippen LogP contribution in [0.3, 0.4) is 0 Å². The molecule has 2 aromatic rings. The summed E-state index contributed by atoms with van der Waals surface area (Å²) in [5.41, 5.74) is 0.0431. The molecule has 136 valence electrons. The van der Waals surface area contributed by atoms with Gasteiger partial charge in [0.25, 0.3) is 0 Å². The van der Waals surface area contributed by atoms with Crippen LogP contribution in [0.15, 0.2) is 24.3 Å². The maximum absolute atomic E-state index is 11.6. The highest BCUT2D eigenvalue weighted by Gasteiger charge is 2.44. The quantitative estimate of drug-likeness (QED) is 0.818. The molecular formula is C19H21ClN4O2. The third-order valence-electron chi connectivity index (χ3n) is 4.77. The molecule has 7 heteroatoms. The highest BCUT2D eigenvalue weighted by atomic mass is 35.5. The van der Waals surface area contributed by atoms with E-state index in [1.807, 2.05) is 32.9 Å². The van der Waals surface area contributed by atoms with Crippen molar-refractivity contribution in [3.05, 3.63) is 35.0 Å². The lowest BCUT2D eigenvalue weighted by molar-refractivity contribution is 0.103. The predicted octanol–water partition coefficient (Wildman–Crippen LogP) is 4.34. The molecule has 0 radical (unpaired) electrons. The fraction of sp³-hybridized carbons (Fsp3) is 0.421. The molecule has 0 aliphatic carbocycles. The van der Waals surface area contributed by atoms with Crippen LogP contribution in [0.2, 0.25) is 5.02 Å². The highest BCUT2D eigenvalue weighted by Crippen LogP contribution is 2.37. The van der Waals surface area contributed by atoms with Crippen molar-refractivity contribution in [2.24, 2.45) is 5.41 Å². The number of hydrogen-bond acceptors (Lipinski definition) is 4. The van der Waals surface area contributed by atoms with Gasteiger partial charge in [-0.3, -0.25) is 0 Å². The number of pyridine rings is 1. The number of carboxylic acid groups (broad SMARTS) is 1. The minimum absolute atomic E-state index is 0.119. The molecule has 2 atom stereocenters. The van der Waals surface area contributed by atoms with E-state index in [9.17, 15) is 15.2 Å². The molecule has 0 saturated carbocycles. The first kappa shape index (κ1) is 18.3. The topological polar surface area (TPSA) is 89.3 Å². The third kappa shape index (κ3) is 3.27. The summed E-state index contributed by atoms with van der Waals surface area (Å²) in [6, 6.07) is 8.93. The number of benzene rings is 1. The van der Waals surface area contributed by atoms with E-state index in [0.29, 0.717) is 29.5 Å². The number of nitrogens with zero attached hydrogens (tertiary/aromatic N) is 3. The molecular weight excluding hydrogens is 352 g/mol. The van der Waals surface area contributed by atoms with Crippen LogP contribution in [-0.2, 0) is 0 Å². The second kappa shape index (κ2) is 6.65. The maximum atomic E-state index is 11.6. The molecule has 2 heterocycles. The van der Waals surface area contributed by atoms with Crippen LogP contribution in [0.5, 0.6) is 0 Å². The highest BCUT2D eigenvalue weighted by molar-refractivity contribution is 6.36. The predicted molar refractivity (Wildman–Crippen MR) is 101 cm³/mol. The Balaban J connectivity index is 2.06. The Morgan fingerprint density at radius 3 is 2.81 bits per heavy atom. The standard InChI is InChI=1S/C19H21ClN4O2/c1-19(2,3)16-14(7-8-24(16)18(25)26)23-17-15-11(5-4-6-13(15)20)9-12(10-21)22-17/h4-6,9,14,16H,7-8H2,1-3H3,(H,22,23)(H,25,26). The molecule has 0 bridgehead atoms. The summed E-state index contributed by atoms with van der Waals surface area (Å²) in [5.74, 6) is 0.524. The number of anilines is 1. The Morgan fingerprint density at radius 1 is 1.46 bits per heavy atom. The number of halogens is 1. The molecule has 1 aliphatic rings. The molecule has 1 aromatic heterocycles. The Kier molecular flexibility index (Phi) is 4.68. The van der Waals surface area contributed by atoms with Crippen molar-refractivity contribution in [1.29, 1.82) is 5.26 Å². The molecule has 1 fully saturated rings. The molecule has 6 nitrogen and oxygen atoms in total. The third-order valence-corrected chi connectivity index (χ3v) is 5.09. The SMILES string of the molecule is CC(C)(C)C1C(Nc2nc(C#N)cc3cccc(Cl)c23)CCN1C(=O)O. The lowest BCUT2D eigenvalue weighted by Crippen LogP contribution is -2.49. The Labute approximate surface area is 157 Å². The summed E-state index contributed by atoms with van der Waals surface area (Å²) < 4.78 is 0. The minimum Gasteiger partial charge on any atom is -0.465 e. The average Bonchev–Trinajstić information content (AvgIpc) is 2.98. The zero-order chi connectivity index (χ0) is 19.1. The molecule has 1 aromatic carbocycles. The van der Waals surface area contributed by atoms with Crippen LogP contribution < -0.4 is 5.32 Å².